The molecule has 0 heterocycles. The Hall–Kier alpha value is -1.41. The summed E-state index contributed by atoms with van der Waals surface area (Å²) in [7, 11) is 0. The standard InChI is InChI=1S/C16H13ClF2/c17-16(14-6-5-13(18)9-15(14)19)12-7-10-3-1-2-4-11(10)8-12/h1-6,9,12,16H,7-8H2. The molecule has 1 atom stereocenters. The van der Waals surface area contributed by atoms with Crippen LogP contribution in [-0.4, -0.2) is 0 Å². The molecule has 0 radical (unpaired) electrons. The quantitative estimate of drug-likeness (QED) is 0.701. The lowest BCUT2D eigenvalue weighted by molar-refractivity contribution is 0.508. The van der Waals surface area contributed by atoms with Crippen LogP contribution in [0.4, 0.5) is 8.78 Å². The van der Waals surface area contributed by atoms with Crippen molar-refractivity contribution in [3.8, 4) is 0 Å². The predicted molar refractivity (Wildman–Crippen MR) is 72.3 cm³/mol. The van der Waals surface area contributed by atoms with Crippen LogP contribution in [0.15, 0.2) is 42.5 Å². The lowest BCUT2D eigenvalue weighted by Crippen LogP contribution is -2.10. The van der Waals surface area contributed by atoms with Crippen LogP contribution in [0.25, 0.3) is 0 Å². The number of hydrogen-bond donors (Lipinski definition) is 0. The van der Waals surface area contributed by atoms with Crippen molar-refractivity contribution in [3.63, 3.8) is 0 Å². The molecular formula is C16H13ClF2. The first-order valence-electron chi connectivity index (χ1n) is 6.31. The van der Waals surface area contributed by atoms with Crippen LogP contribution in [0.1, 0.15) is 22.1 Å². The Morgan fingerprint density at radius 3 is 2.21 bits per heavy atom. The van der Waals surface area contributed by atoms with Crippen molar-refractivity contribution < 1.29 is 8.78 Å². The Balaban J connectivity index is 1.85. The van der Waals surface area contributed by atoms with Gasteiger partial charge in [0.15, 0.2) is 0 Å². The maximum atomic E-state index is 13.8. The van der Waals surface area contributed by atoms with Crippen LogP contribution in [0.5, 0.6) is 0 Å². The number of hydrogen-bond acceptors (Lipinski definition) is 0. The summed E-state index contributed by atoms with van der Waals surface area (Å²) in [5.41, 5.74) is 2.95. The molecule has 2 aromatic rings. The zero-order valence-corrected chi connectivity index (χ0v) is 11.0. The van der Waals surface area contributed by atoms with Crippen molar-refractivity contribution in [3.05, 3.63) is 70.8 Å². The van der Waals surface area contributed by atoms with Gasteiger partial charge in [0.05, 0.1) is 5.38 Å². The van der Waals surface area contributed by atoms with E-state index in [-0.39, 0.29) is 5.92 Å². The van der Waals surface area contributed by atoms with Gasteiger partial charge in [0.25, 0.3) is 0 Å². The minimum Gasteiger partial charge on any atom is -0.207 e. The molecule has 98 valence electrons. The van der Waals surface area contributed by atoms with Gasteiger partial charge in [-0.1, -0.05) is 30.3 Å². The monoisotopic (exact) mass is 278 g/mol. The molecule has 19 heavy (non-hydrogen) atoms. The lowest BCUT2D eigenvalue weighted by Gasteiger charge is -2.17. The first kappa shape index (κ1) is 12.6. The van der Waals surface area contributed by atoms with E-state index in [1.807, 2.05) is 12.1 Å². The average Bonchev–Trinajstić information content (AvgIpc) is 2.81. The molecule has 0 N–H and O–H groups in total. The molecule has 1 aliphatic carbocycles. The fourth-order valence-electron chi connectivity index (χ4n) is 2.78. The molecule has 0 fully saturated rings. The molecule has 0 amide bonds. The molecule has 1 unspecified atom stereocenters. The highest BCUT2D eigenvalue weighted by molar-refractivity contribution is 6.21. The summed E-state index contributed by atoms with van der Waals surface area (Å²) in [6.07, 6.45) is 1.70. The topological polar surface area (TPSA) is 0 Å². The third-order valence-corrected chi connectivity index (χ3v) is 4.35. The fraction of sp³-hybridized carbons (Fsp3) is 0.250. The maximum Gasteiger partial charge on any atom is 0.130 e. The molecule has 3 heteroatoms. The van der Waals surface area contributed by atoms with Gasteiger partial charge in [-0.2, -0.15) is 0 Å². The third-order valence-electron chi connectivity index (χ3n) is 3.76. The van der Waals surface area contributed by atoms with E-state index in [9.17, 15) is 8.78 Å². The summed E-state index contributed by atoms with van der Waals surface area (Å²) < 4.78 is 26.7. The van der Waals surface area contributed by atoms with Gasteiger partial charge in [-0.15, -0.1) is 11.6 Å². The maximum absolute atomic E-state index is 13.8. The molecule has 0 saturated carbocycles. The van der Waals surface area contributed by atoms with E-state index in [0.717, 1.165) is 18.9 Å². The van der Waals surface area contributed by atoms with Gasteiger partial charge in [-0.05, 0) is 36.0 Å². The summed E-state index contributed by atoms with van der Waals surface area (Å²) in [4.78, 5) is 0. The number of fused-ring (bicyclic) bond motifs is 1. The van der Waals surface area contributed by atoms with E-state index >= 15 is 0 Å². The zero-order chi connectivity index (χ0) is 13.4. The van der Waals surface area contributed by atoms with Gasteiger partial charge in [0.1, 0.15) is 11.6 Å². The van der Waals surface area contributed by atoms with Crippen molar-refractivity contribution in [1.29, 1.82) is 0 Å². The zero-order valence-electron chi connectivity index (χ0n) is 10.2. The largest absolute Gasteiger partial charge is 0.207 e. The Morgan fingerprint density at radius 1 is 1.00 bits per heavy atom. The molecule has 0 bridgehead atoms. The summed E-state index contributed by atoms with van der Waals surface area (Å²) in [6.45, 7) is 0. The van der Waals surface area contributed by atoms with Gasteiger partial charge >= 0.3 is 0 Å². The van der Waals surface area contributed by atoms with E-state index in [0.29, 0.717) is 5.56 Å². The Labute approximate surface area is 116 Å². The van der Waals surface area contributed by atoms with Gasteiger partial charge in [0.2, 0.25) is 0 Å². The van der Waals surface area contributed by atoms with Crippen LogP contribution in [-0.2, 0) is 12.8 Å². The summed E-state index contributed by atoms with van der Waals surface area (Å²) >= 11 is 6.40. The molecule has 3 rings (SSSR count). The number of benzene rings is 2. The first-order valence-corrected chi connectivity index (χ1v) is 6.74. The second-order valence-corrected chi connectivity index (χ2v) is 5.47. The molecule has 1 aliphatic rings. The van der Waals surface area contributed by atoms with Crippen molar-refractivity contribution in [2.75, 3.05) is 0 Å². The van der Waals surface area contributed by atoms with Gasteiger partial charge < -0.3 is 0 Å². The fourth-order valence-corrected chi connectivity index (χ4v) is 3.13. The average molecular weight is 279 g/mol. The number of halogens is 3. The van der Waals surface area contributed by atoms with Gasteiger partial charge in [-0.25, -0.2) is 8.78 Å². The molecule has 0 nitrogen and oxygen atoms in total. The molecule has 2 aromatic carbocycles. The second-order valence-electron chi connectivity index (χ2n) is 5.00. The molecule has 0 saturated heterocycles. The smallest absolute Gasteiger partial charge is 0.130 e. The van der Waals surface area contributed by atoms with Crippen LogP contribution in [0.2, 0.25) is 0 Å². The Kier molecular flexibility index (Phi) is 3.28. The van der Waals surface area contributed by atoms with Gasteiger partial charge in [-0.3, -0.25) is 0 Å². The van der Waals surface area contributed by atoms with Crippen LogP contribution < -0.4 is 0 Å². The minimum atomic E-state index is -0.570. The molecule has 0 aromatic heterocycles. The summed E-state index contributed by atoms with van der Waals surface area (Å²) in [5, 5.41) is -0.423. The van der Waals surface area contributed by atoms with Crippen molar-refractivity contribution in [1.82, 2.24) is 0 Å². The number of rotatable bonds is 2. The normalized spacial score (nSPS) is 16.4. The van der Waals surface area contributed by atoms with E-state index in [1.54, 1.807) is 0 Å². The van der Waals surface area contributed by atoms with Crippen LogP contribution in [0.3, 0.4) is 0 Å². The highest BCUT2D eigenvalue weighted by Crippen LogP contribution is 2.39. The molecule has 0 aliphatic heterocycles. The Morgan fingerprint density at radius 2 is 1.63 bits per heavy atom. The highest BCUT2D eigenvalue weighted by Gasteiger charge is 2.29. The van der Waals surface area contributed by atoms with E-state index in [1.165, 1.54) is 23.3 Å². The predicted octanol–water partition coefficient (Wildman–Crippen LogP) is 4.66. The van der Waals surface area contributed by atoms with Crippen molar-refractivity contribution in [2.45, 2.75) is 18.2 Å². The highest BCUT2D eigenvalue weighted by atomic mass is 35.5. The molecule has 0 spiro atoms. The summed E-state index contributed by atoms with van der Waals surface area (Å²) in [5.74, 6) is -0.963. The van der Waals surface area contributed by atoms with E-state index in [4.69, 9.17) is 11.6 Å². The Bertz CT molecular complexity index is 584. The SMILES string of the molecule is Fc1ccc(C(Cl)C2Cc3ccccc3C2)c(F)c1. The van der Waals surface area contributed by atoms with Crippen LogP contribution in [0, 0.1) is 17.6 Å². The third kappa shape index (κ3) is 2.37. The van der Waals surface area contributed by atoms with Crippen molar-refractivity contribution >= 4 is 11.6 Å². The van der Waals surface area contributed by atoms with E-state index < -0.39 is 17.0 Å². The minimum absolute atomic E-state index is 0.166. The number of alkyl halides is 1. The first-order chi connectivity index (χ1) is 9.15. The summed E-state index contributed by atoms with van der Waals surface area (Å²) in [6, 6.07) is 11.8. The lowest BCUT2D eigenvalue weighted by atomic mass is 9.95. The van der Waals surface area contributed by atoms with Crippen LogP contribution >= 0.6 is 11.6 Å². The second kappa shape index (κ2) is 4.93. The molecular weight excluding hydrogens is 266 g/mol. The van der Waals surface area contributed by atoms with Gasteiger partial charge in [0, 0.05) is 11.6 Å². The van der Waals surface area contributed by atoms with Crippen molar-refractivity contribution in [2.24, 2.45) is 5.92 Å². The van der Waals surface area contributed by atoms with E-state index in [2.05, 4.69) is 12.1 Å².